The van der Waals surface area contributed by atoms with Crippen molar-refractivity contribution < 1.29 is 4.39 Å². The first-order chi connectivity index (χ1) is 11.7. The van der Waals surface area contributed by atoms with Gasteiger partial charge in [-0.25, -0.2) is 9.37 Å². The molecule has 2 aromatic rings. The van der Waals surface area contributed by atoms with Gasteiger partial charge in [0.2, 0.25) is 5.95 Å². The fraction of sp³-hybridized carbons (Fsp3) is 0.474. The lowest BCUT2D eigenvalue weighted by molar-refractivity contribution is 0.443. The van der Waals surface area contributed by atoms with E-state index in [1.54, 1.807) is 12.1 Å². The molecule has 0 amide bonds. The smallest absolute Gasteiger partial charge is 0.227 e. The van der Waals surface area contributed by atoms with Gasteiger partial charge in [-0.1, -0.05) is 25.1 Å². The van der Waals surface area contributed by atoms with Crippen LogP contribution in [0.1, 0.15) is 43.9 Å². The third kappa shape index (κ3) is 3.83. The van der Waals surface area contributed by atoms with E-state index in [0.717, 1.165) is 30.4 Å². The highest BCUT2D eigenvalue weighted by Crippen LogP contribution is 2.25. The number of halogens is 1. The molecule has 0 saturated carbocycles. The van der Waals surface area contributed by atoms with E-state index < -0.39 is 0 Å². The summed E-state index contributed by atoms with van der Waals surface area (Å²) >= 11 is 0. The van der Waals surface area contributed by atoms with Crippen LogP contribution in [0.4, 0.5) is 16.2 Å². The SMILES string of the molecule is CCC1CCCCN1c1nc(C)cc(NCc2ccccc2F)n1. The second-order valence-corrected chi connectivity index (χ2v) is 6.39. The van der Waals surface area contributed by atoms with E-state index in [4.69, 9.17) is 0 Å². The number of piperidine rings is 1. The minimum atomic E-state index is -0.196. The monoisotopic (exact) mass is 328 g/mol. The Morgan fingerprint density at radius 1 is 1.25 bits per heavy atom. The molecule has 2 heterocycles. The van der Waals surface area contributed by atoms with Gasteiger partial charge >= 0.3 is 0 Å². The molecule has 0 bridgehead atoms. The van der Waals surface area contributed by atoms with Crippen LogP contribution in [0.25, 0.3) is 0 Å². The van der Waals surface area contributed by atoms with E-state index in [1.165, 1.54) is 25.3 Å². The molecule has 1 atom stereocenters. The Bertz CT molecular complexity index is 689. The molecule has 1 aliphatic rings. The largest absolute Gasteiger partial charge is 0.366 e. The third-order valence-electron chi connectivity index (χ3n) is 4.62. The molecular formula is C19H25FN4. The zero-order valence-corrected chi connectivity index (χ0v) is 14.4. The predicted molar refractivity (Wildman–Crippen MR) is 95.8 cm³/mol. The molecular weight excluding hydrogens is 303 g/mol. The van der Waals surface area contributed by atoms with Gasteiger partial charge in [-0.15, -0.1) is 0 Å². The van der Waals surface area contributed by atoms with Gasteiger partial charge in [0.05, 0.1) is 0 Å². The van der Waals surface area contributed by atoms with Gasteiger partial charge in [0.25, 0.3) is 0 Å². The topological polar surface area (TPSA) is 41.1 Å². The van der Waals surface area contributed by atoms with Gasteiger partial charge in [-0.2, -0.15) is 4.98 Å². The highest BCUT2D eigenvalue weighted by molar-refractivity contribution is 5.45. The molecule has 24 heavy (non-hydrogen) atoms. The maximum atomic E-state index is 13.8. The molecule has 0 aliphatic carbocycles. The van der Waals surface area contributed by atoms with E-state index in [9.17, 15) is 4.39 Å². The predicted octanol–water partition coefficient (Wildman–Crippen LogP) is 4.31. The molecule has 0 spiro atoms. The zero-order valence-electron chi connectivity index (χ0n) is 14.4. The molecule has 1 N–H and O–H groups in total. The summed E-state index contributed by atoms with van der Waals surface area (Å²) in [7, 11) is 0. The van der Waals surface area contributed by atoms with Crippen LogP contribution in [0.2, 0.25) is 0 Å². The van der Waals surface area contributed by atoms with Crippen LogP contribution in [0.15, 0.2) is 30.3 Å². The Morgan fingerprint density at radius 2 is 2.08 bits per heavy atom. The minimum Gasteiger partial charge on any atom is -0.366 e. The summed E-state index contributed by atoms with van der Waals surface area (Å²) in [5, 5.41) is 3.24. The Hall–Kier alpha value is -2.17. The number of nitrogens with one attached hydrogen (secondary N) is 1. The lowest BCUT2D eigenvalue weighted by Gasteiger charge is -2.35. The van der Waals surface area contributed by atoms with E-state index in [1.807, 2.05) is 19.1 Å². The average Bonchev–Trinajstić information content (AvgIpc) is 2.60. The van der Waals surface area contributed by atoms with Crippen molar-refractivity contribution in [2.75, 3.05) is 16.8 Å². The number of anilines is 2. The fourth-order valence-electron chi connectivity index (χ4n) is 3.29. The molecule has 1 aromatic heterocycles. The molecule has 4 nitrogen and oxygen atoms in total. The molecule has 1 aliphatic heterocycles. The summed E-state index contributed by atoms with van der Waals surface area (Å²) in [6, 6.07) is 9.24. The van der Waals surface area contributed by atoms with E-state index in [0.29, 0.717) is 18.2 Å². The van der Waals surface area contributed by atoms with E-state index >= 15 is 0 Å². The lowest BCUT2D eigenvalue weighted by atomic mass is 10.0. The number of hydrogen-bond donors (Lipinski definition) is 1. The molecule has 1 fully saturated rings. The van der Waals surface area contributed by atoms with Crippen LogP contribution in [-0.2, 0) is 6.54 Å². The Balaban J connectivity index is 1.77. The first-order valence-electron chi connectivity index (χ1n) is 8.77. The van der Waals surface area contributed by atoms with Crippen molar-refractivity contribution in [2.24, 2.45) is 0 Å². The van der Waals surface area contributed by atoms with Crippen LogP contribution in [0.5, 0.6) is 0 Å². The van der Waals surface area contributed by atoms with Crippen molar-refractivity contribution in [3.8, 4) is 0 Å². The number of hydrogen-bond acceptors (Lipinski definition) is 4. The molecule has 3 rings (SSSR count). The average molecular weight is 328 g/mol. The van der Waals surface area contributed by atoms with Gasteiger partial charge in [0, 0.05) is 36.5 Å². The van der Waals surface area contributed by atoms with Crippen molar-refractivity contribution in [1.82, 2.24) is 9.97 Å². The van der Waals surface area contributed by atoms with Crippen molar-refractivity contribution >= 4 is 11.8 Å². The number of aryl methyl sites for hydroxylation is 1. The Morgan fingerprint density at radius 3 is 2.88 bits per heavy atom. The van der Waals surface area contributed by atoms with Crippen molar-refractivity contribution in [3.63, 3.8) is 0 Å². The van der Waals surface area contributed by atoms with Crippen LogP contribution >= 0.6 is 0 Å². The van der Waals surface area contributed by atoms with Crippen molar-refractivity contribution in [1.29, 1.82) is 0 Å². The number of aromatic nitrogens is 2. The van der Waals surface area contributed by atoms with Crippen LogP contribution in [0.3, 0.4) is 0 Å². The number of nitrogens with zero attached hydrogens (tertiary/aromatic N) is 3. The maximum absolute atomic E-state index is 13.8. The highest BCUT2D eigenvalue weighted by atomic mass is 19.1. The molecule has 0 radical (unpaired) electrons. The normalized spacial score (nSPS) is 17.8. The first kappa shape index (κ1) is 16.7. The first-order valence-corrected chi connectivity index (χ1v) is 8.77. The minimum absolute atomic E-state index is 0.196. The summed E-state index contributed by atoms with van der Waals surface area (Å²) in [4.78, 5) is 11.6. The molecule has 1 unspecified atom stereocenters. The molecule has 128 valence electrons. The molecule has 5 heteroatoms. The van der Waals surface area contributed by atoms with Crippen LogP contribution in [0, 0.1) is 12.7 Å². The van der Waals surface area contributed by atoms with Gasteiger partial charge < -0.3 is 10.2 Å². The summed E-state index contributed by atoms with van der Waals surface area (Å²) in [5.41, 5.74) is 1.57. The van der Waals surface area contributed by atoms with E-state index in [2.05, 4.69) is 27.1 Å². The van der Waals surface area contributed by atoms with Gasteiger partial charge in [-0.05, 0) is 38.7 Å². The van der Waals surface area contributed by atoms with Crippen LogP contribution < -0.4 is 10.2 Å². The number of rotatable bonds is 5. The second-order valence-electron chi connectivity index (χ2n) is 6.39. The zero-order chi connectivity index (χ0) is 16.9. The Labute approximate surface area is 143 Å². The summed E-state index contributed by atoms with van der Waals surface area (Å²) < 4.78 is 13.8. The lowest BCUT2D eigenvalue weighted by Crippen LogP contribution is -2.40. The molecule has 1 saturated heterocycles. The third-order valence-corrected chi connectivity index (χ3v) is 4.62. The quantitative estimate of drug-likeness (QED) is 0.888. The second kappa shape index (κ2) is 7.60. The van der Waals surface area contributed by atoms with E-state index in [-0.39, 0.29) is 5.82 Å². The van der Waals surface area contributed by atoms with Crippen molar-refractivity contribution in [2.45, 2.75) is 52.1 Å². The van der Waals surface area contributed by atoms with Gasteiger partial charge in [0.1, 0.15) is 11.6 Å². The summed E-state index contributed by atoms with van der Waals surface area (Å²) in [6.45, 7) is 5.62. The van der Waals surface area contributed by atoms with Gasteiger partial charge in [0.15, 0.2) is 0 Å². The summed E-state index contributed by atoms with van der Waals surface area (Å²) in [5.74, 6) is 1.34. The van der Waals surface area contributed by atoms with Crippen molar-refractivity contribution in [3.05, 3.63) is 47.4 Å². The standard InChI is InChI=1S/C19H25FN4/c1-3-16-9-6-7-11-24(16)19-22-14(2)12-18(23-19)21-13-15-8-4-5-10-17(15)20/h4-5,8,10,12,16H,3,6-7,9,11,13H2,1-2H3,(H,21,22,23). The van der Waals surface area contributed by atoms with Gasteiger partial charge in [-0.3, -0.25) is 0 Å². The van der Waals surface area contributed by atoms with Crippen LogP contribution in [-0.4, -0.2) is 22.6 Å². The Kier molecular flexibility index (Phi) is 5.28. The summed E-state index contributed by atoms with van der Waals surface area (Å²) in [6.07, 6.45) is 4.77. The highest BCUT2D eigenvalue weighted by Gasteiger charge is 2.23. The number of benzene rings is 1. The molecule has 1 aromatic carbocycles. The fourth-order valence-corrected chi connectivity index (χ4v) is 3.29. The maximum Gasteiger partial charge on any atom is 0.227 e.